The van der Waals surface area contributed by atoms with Crippen LogP contribution in [0.15, 0.2) is 41.1 Å². The van der Waals surface area contributed by atoms with Gasteiger partial charge in [-0.05, 0) is 24.6 Å². The number of ether oxygens (including phenoxy) is 1. The van der Waals surface area contributed by atoms with Crippen molar-refractivity contribution in [3.8, 4) is 11.5 Å². The Bertz CT molecular complexity index is 516. The lowest BCUT2D eigenvalue weighted by Crippen LogP contribution is -1.88. The van der Waals surface area contributed by atoms with Crippen molar-refractivity contribution in [3.05, 3.63) is 51.7 Å². The number of benzene rings is 1. The number of nitrogens with zero attached hydrogens (tertiary/aromatic N) is 1. The first-order chi connectivity index (χ1) is 7.66. The molecule has 2 nitrogen and oxygen atoms in total. The van der Waals surface area contributed by atoms with Gasteiger partial charge in [0.05, 0.1) is 0 Å². The normalized spacial score (nSPS) is 10.2. The zero-order valence-corrected chi connectivity index (χ0v) is 10.9. The molecule has 0 aliphatic rings. The molecular weight excluding hydrogens is 289 g/mol. The summed E-state index contributed by atoms with van der Waals surface area (Å²) in [5.74, 6) is 1.39. The number of halogens is 2. The number of rotatable bonds is 2. The highest BCUT2D eigenvalue weighted by Gasteiger charge is 2.05. The molecule has 0 aliphatic heterocycles. The van der Waals surface area contributed by atoms with Crippen molar-refractivity contribution in [2.45, 2.75) is 6.92 Å². The summed E-state index contributed by atoms with van der Waals surface area (Å²) < 4.78 is 6.69. The molecule has 82 valence electrons. The first-order valence-electron chi connectivity index (χ1n) is 4.70. The number of aryl methyl sites for hydroxylation is 1. The van der Waals surface area contributed by atoms with Gasteiger partial charge in [0.2, 0.25) is 0 Å². The van der Waals surface area contributed by atoms with Gasteiger partial charge in [-0.3, -0.25) is 4.98 Å². The summed E-state index contributed by atoms with van der Waals surface area (Å²) in [6.45, 7) is 1.98. The van der Waals surface area contributed by atoms with Crippen LogP contribution in [-0.2, 0) is 0 Å². The van der Waals surface area contributed by atoms with E-state index >= 15 is 0 Å². The van der Waals surface area contributed by atoms with E-state index in [0.717, 1.165) is 15.8 Å². The van der Waals surface area contributed by atoms with Gasteiger partial charge in [0.1, 0.15) is 16.5 Å². The molecule has 4 heteroatoms. The van der Waals surface area contributed by atoms with Crippen molar-refractivity contribution in [1.82, 2.24) is 4.98 Å². The second-order valence-corrected chi connectivity index (χ2v) is 4.64. The van der Waals surface area contributed by atoms with E-state index < -0.39 is 0 Å². The topological polar surface area (TPSA) is 22.1 Å². The molecule has 0 N–H and O–H groups in total. The minimum Gasteiger partial charge on any atom is -0.455 e. The minimum atomic E-state index is 0.502. The van der Waals surface area contributed by atoms with E-state index in [1.165, 1.54) is 0 Å². The van der Waals surface area contributed by atoms with Gasteiger partial charge in [-0.15, -0.1) is 0 Å². The molecule has 0 aliphatic carbocycles. The molecule has 1 aromatic heterocycles. The van der Waals surface area contributed by atoms with Crippen LogP contribution in [0.1, 0.15) is 5.56 Å². The zero-order valence-electron chi connectivity index (χ0n) is 8.58. The predicted octanol–water partition coefficient (Wildman–Crippen LogP) is 4.60. The van der Waals surface area contributed by atoms with Crippen LogP contribution in [0.25, 0.3) is 0 Å². The molecule has 0 saturated carbocycles. The molecule has 0 radical (unpaired) electrons. The van der Waals surface area contributed by atoms with Gasteiger partial charge in [0.15, 0.2) is 0 Å². The van der Waals surface area contributed by atoms with Crippen molar-refractivity contribution >= 4 is 27.5 Å². The van der Waals surface area contributed by atoms with Crippen molar-refractivity contribution in [3.63, 3.8) is 0 Å². The zero-order chi connectivity index (χ0) is 11.5. The van der Waals surface area contributed by atoms with Crippen molar-refractivity contribution in [2.75, 3.05) is 0 Å². The van der Waals surface area contributed by atoms with Gasteiger partial charge in [-0.1, -0.05) is 33.6 Å². The Morgan fingerprint density at radius 2 is 2.06 bits per heavy atom. The molecule has 1 aromatic carbocycles. The summed E-state index contributed by atoms with van der Waals surface area (Å²) in [5, 5.41) is 0.502. The number of hydrogen-bond donors (Lipinski definition) is 0. The molecule has 16 heavy (non-hydrogen) atoms. The third-order valence-electron chi connectivity index (χ3n) is 2.11. The van der Waals surface area contributed by atoms with E-state index in [1.807, 2.05) is 25.1 Å². The van der Waals surface area contributed by atoms with Crippen LogP contribution in [0.3, 0.4) is 0 Å². The molecule has 0 atom stereocenters. The Morgan fingerprint density at radius 3 is 2.81 bits per heavy atom. The minimum absolute atomic E-state index is 0.502. The fourth-order valence-corrected chi connectivity index (χ4v) is 1.75. The fraction of sp³-hybridized carbons (Fsp3) is 0.0833. The molecule has 2 rings (SSSR count). The molecule has 1 heterocycles. The largest absolute Gasteiger partial charge is 0.455 e. The SMILES string of the molecule is Cc1ccc(Br)cc1Oc1ccncc1Cl. The lowest BCUT2D eigenvalue weighted by molar-refractivity contribution is 0.478. The van der Waals surface area contributed by atoms with Crippen molar-refractivity contribution < 1.29 is 4.74 Å². The van der Waals surface area contributed by atoms with Crippen LogP contribution in [0.2, 0.25) is 5.02 Å². The highest BCUT2D eigenvalue weighted by atomic mass is 79.9. The third kappa shape index (κ3) is 2.54. The molecule has 0 saturated heterocycles. The highest BCUT2D eigenvalue weighted by Crippen LogP contribution is 2.31. The van der Waals surface area contributed by atoms with Crippen molar-refractivity contribution in [1.29, 1.82) is 0 Å². The predicted molar refractivity (Wildman–Crippen MR) is 68.2 cm³/mol. The summed E-state index contributed by atoms with van der Waals surface area (Å²) in [5.41, 5.74) is 1.05. The maximum absolute atomic E-state index is 5.97. The summed E-state index contributed by atoms with van der Waals surface area (Å²) >= 11 is 9.37. The van der Waals surface area contributed by atoms with Gasteiger partial charge in [-0.25, -0.2) is 0 Å². The standard InChI is InChI=1S/C12H9BrClNO/c1-8-2-3-9(13)6-12(8)16-11-4-5-15-7-10(11)14/h2-7H,1H3. The van der Waals surface area contributed by atoms with Gasteiger partial charge in [-0.2, -0.15) is 0 Å². The molecule has 0 unspecified atom stereocenters. The summed E-state index contributed by atoms with van der Waals surface area (Å²) in [6, 6.07) is 7.60. The van der Waals surface area contributed by atoms with Gasteiger partial charge < -0.3 is 4.74 Å². The van der Waals surface area contributed by atoms with Crippen LogP contribution in [-0.4, -0.2) is 4.98 Å². The Balaban J connectivity index is 2.34. The maximum Gasteiger partial charge on any atom is 0.149 e. The van der Waals surface area contributed by atoms with Crippen LogP contribution < -0.4 is 4.74 Å². The number of hydrogen-bond acceptors (Lipinski definition) is 2. The van der Waals surface area contributed by atoms with E-state index in [9.17, 15) is 0 Å². The Morgan fingerprint density at radius 1 is 1.25 bits per heavy atom. The molecule has 2 aromatic rings. The summed E-state index contributed by atoms with van der Waals surface area (Å²) in [4.78, 5) is 3.91. The highest BCUT2D eigenvalue weighted by molar-refractivity contribution is 9.10. The van der Waals surface area contributed by atoms with Crippen LogP contribution in [0.4, 0.5) is 0 Å². The van der Waals surface area contributed by atoms with Crippen LogP contribution in [0, 0.1) is 6.92 Å². The Kier molecular flexibility index (Phi) is 3.46. The van der Waals surface area contributed by atoms with Gasteiger partial charge >= 0.3 is 0 Å². The Hall–Kier alpha value is -1.06. The van der Waals surface area contributed by atoms with E-state index in [4.69, 9.17) is 16.3 Å². The first-order valence-corrected chi connectivity index (χ1v) is 5.87. The lowest BCUT2D eigenvalue weighted by atomic mass is 10.2. The second-order valence-electron chi connectivity index (χ2n) is 3.32. The van der Waals surface area contributed by atoms with E-state index in [2.05, 4.69) is 20.9 Å². The summed E-state index contributed by atoms with van der Waals surface area (Å²) in [7, 11) is 0. The lowest BCUT2D eigenvalue weighted by Gasteiger charge is -2.09. The van der Waals surface area contributed by atoms with Gasteiger partial charge in [0.25, 0.3) is 0 Å². The van der Waals surface area contributed by atoms with E-state index in [1.54, 1.807) is 18.5 Å². The molecule has 0 fully saturated rings. The average Bonchev–Trinajstić information content (AvgIpc) is 2.27. The average molecular weight is 299 g/mol. The maximum atomic E-state index is 5.97. The molecule has 0 spiro atoms. The van der Waals surface area contributed by atoms with Crippen LogP contribution in [0.5, 0.6) is 11.5 Å². The second kappa shape index (κ2) is 4.85. The van der Waals surface area contributed by atoms with Crippen LogP contribution >= 0.6 is 27.5 Å². The summed E-state index contributed by atoms with van der Waals surface area (Å²) in [6.07, 6.45) is 3.21. The number of aromatic nitrogens is 1. The van der Waals surface area contributed by atoms with Gasteiger partial charge in [0, 0.05) is 22.9 Å². The Labute approximate surface area is 107 Å². The third-order valence-corrected chi connectivity index (χ3v) is 2.88. The van der Waals surface area contributed by atoms with E-state index in [0.29, 0.717) is 10.8 Å². The van der Waals surface area contributed by atoms with Crippen molar-refractivity contribution in [2.24, 2.45) is 0 Å². The molecular formula is C12H9BrClNO. The molecule has 0 amide bonds. The molecule has 0 bridgehead atoms. The quantitative estimate of drug-likeness (QED) is 0.808. The number of pyridine rings is 1. The van der Waals surface area contributed by atoms with E-state index in [-0.39, 0.29) is 0 Å². The fourth-order valence-electron chi connectivity index (χ4n) is 1.25. The monoisotopic (exact) mass is 297 g/mol. The smallest absolute Gasteiger partial charge is 0.149 e. The first kappa shape index (κ1) is 11.4.